The van der Waals surface area contributed by atoms with Crippen molar-refractivity contribution in [3.8, 4) is 5.75 Å². The number of hydrogen-bond donors (Lipinski definition) is 1. The molecule has 3 heterocycles. The average Bonchev–Trinajstić information content (AvgIpc) is 2.91. The number of hydrogen-bond acceptors (Lipinski definition) is 5. The van der Waals surface area contributed by atoms with E-state index >= 15 is 0 Å². The van der Waals surface area contributed by atoms with Crippen molar-refractivity contribution in [1.82, 2.24) is 14.8 Å². The summed E-state index contributed by atoms with van der Waals surface area (Å²) in [4.78, 5) is 23.9. The van der Waals surface area contributed by atoms with Crippen LogP contribution < -0.4 is 4.90 Å². The topological polar surface area (TPSA) is 59.9 Å². The van der Waals surface area contributed by atoms with E-state index in [1.54, 1.807) is 6.07 Å². The number of aromatic nitrogens is 1. The third-order valence-corrected chi connectivity index (χ3v) is 5.79. The lowest BCUT2D eigenvalue weighted by Crippen LogP contribution is -2.43. The van der Waals surface area contributed by atoms with Crippen LogP contribution >= 0.6 is 0 Å². The van der Waals surface area contributed by atoms with Crippen molar-refractivity contribution in [2.24, 2.45) is 0 Å². The molecule has 148 valence electrons. The maximum atomic E-state index is 13.0. The molecule has 1 N–H and O–H groups in total. The predicted molar refractivity (Wildman–Crippen MR) is 109 cm³/mol. The average molecular weight is 380 g/mol. The number of likely N-dealkylation sites (tertiary alicyclic amines) is 1. The molecule has 0 spiro atoms. The first-order valence-electron chi connectivity index (χ1n) is 10.1. The molecule has 2 aliphatic rings. The molecule has 2 aromatic rings. The fraction of sp³-hybridized carbons (Fsp3) is 0.455. The van der Waals surface area contributed by atoms with Crippen LogP contribution in [0.3, 0.4) is 0 Å². The Morgan fingerprint density at radius 2 is 1.86 bits per heavy atom. The lowest BCUT2D eigenvalue weighted by atomic mass is 10.1. The SMILES string of the molecule is Cc1ccc(CN2CCC(N3CCCN(c4ccc(O)cn4)CC3)C2=O)cc1. The smallest absolute Gasteiger partial charge is 0.240 e. The van der Waals surface area contributed by atoms with Gasteiger partial charge in [0, 0.05) is 39.3 Å². The molecule has 0 bridgehead atoms. The van der Waals surface area contributed by atoms with E-state index in [9.17, 15) is 9.90 Å². The zero-order chi connectivity index (χ0) is 19.5. The molecule has 2 aliphatic heterocycles. The van der Waals surface area contributed by atoms with E-state index in [-0.39, 0.29) is 17.7 Å². The van der Waals surface area contributed by atoms with Crippen LogP contribution in [0.1, 0.15) is 24.0 Å². The molecule has 2 saturated heterocycles. The van der Waals surface area contributed by atoms with E-state index < -0.39 is 0 Å². The summed E-state index contributed by atoms with van der Waals surface area (Å²) in [5.41, 5.74) is 2.44. The molecule has 1 amide bonds. The third-order valence-electron chi connectivity index (χ3n) is 5.79. The van der Waals surface area contributed by atoms with Crippen molar-refractivity contribution < 1.29 is 9.90 Å². The van der Waals surface area contributed by atoms with Gasteiger partial charge in [-0.1, -0.05) is 29.8 Å². The van der Waals surface area contributed by atoms with Crippen molar-refractivity contribution >= 4 is 11.7 Å². The van der Waals surface area contributed by atoms with E-state index in [0.717, 1.165) is 51.4 Å². The minimum atomic E-state index is -0.00169. The lowest BCUT2D eigenvalue weighted by molar-refractivity contribution is -0.132. The number of benzene rings is 1. The fourth-order valence-electron chi connectivity index (χ4n) is 4.18. The minimum Gasteiger partial charge on any atom is -0.506 e. The molecular formula is C22H28N4O2. The quantitative estimate of drug-likeness (QED) is 0.883. The number of anilines is 1. The zero-order valence-corrected chi connectivity index (χ0v) is 16.4. The maximum absolute atomic E-state index is 13.0. The number of amides is 1. The first kappa shape index (κ1) is 18.7. The maximum Gasteiger partial charge on any atom is 0.240 e. The van der Waals surface area contributed by atoms with E-state index in [0.29, 0.717) is 6.54 Å². The third kappa shape index (κ3) is 4.12. The number of nitrogens with zero attached hydrogens (tertiary/aromatic N) is 4. The summed E-state index contributed by atoms with van der Waals surface area (Å²) in [5.74, 6) is 1.33. The number of carbonyl (C=O) groups is 1. The number of pyridine rings is 1. The summed E-state index contributed by atoms with van der Waals surface area (Å²) in [6.07, 6.45) is 3.40. The molecule has 6 nitrogen and oxygen atoms in total. The number of rotatable bonds is 4. The monoisotopic (exact) mass is 380 g/mol. The Kier molecular flexibility index (Phi) is 5.48. The van der Waals surface area contributed by atoms with Crippen molar-refractivity contribution in [2.75, 3.05) is 37.6 Å². The Bertz CT molecular complexity index is 806. The molecule has 6 heteroatoms. The highest BCUT2D eigenvalue weighted by atomic mass is 16.3. The van der Waals surface area contributed by atoms with Crippen molar-refractivity contribution in [3.05, 3.63) is 53.7 Å². The zero-order valence-electron chi connectivity index (χ0n) is 16.4. The second-order valence-corrected chi connectivity index (χ2v) is 7.80. The summed E-state index contributed by atoms with van der Waals surface area (Å²) in [7, 11) is 0. The first-order valence-corrected chi connectivity index (χ1v) is 10.1. The highest BCUT2D eigenvalue weighted by Crippen LogP contribution is 2.23. The minimum absolute atomic E-state index is 0.00169. The highest BCUT2D eigenvalue weighted by Gasteiger charge is 2.36. The molecule has 1 unspecified atom stereocenters. The Balaban J connectivity index is 1.36. The van der Waals surface area contributed by atoms with E-state index in [1.807, 2.05) is 11.0 Å². The lowest BCUT2D eigenvalue weighted by Gasteiger charge is -2.27. The Hall–Kier alpha value is -2.60. The van der Waals surface area contributed by atoms with Crippen LogP contribution in [-0.4, -0.2) is 64.6 Å². The molecule has 28 heavy (non-hydrogen) atoms. The molecule has 1 atom stereocenters. The van der Waals surface area contributed by atoms with Crippen LogP contribution in [0.5, 0.6) is 5.75 Å². The molecule has 1 aromatic heterocycles. The van der Waals surface area contributed by atoms with Gasteiger partial charge in [-0.25, -0.2) is 4.98 Å². The molecule has 0 radical (unpaired) electrons. The summed E-state index contributed by atoms with van der Waals surface area (Å²) >= 11 is 0. The van der Waals surface area contributed by atoms with Gasteiger partial charge < -0.3 is 14.9 Å². The van der Waals surface area contributed by atoms with Gasteiger partial charge in [-0.2, -0.15) is 0 Å². The van der Waals surface area contributed by atoms with Crippen LogP contribution in [0.4, 0.5) is 5.82 Å². The van der Waals surface area contributed by atoms with Crippen molar-refractivity contribution in [2.45, 2.75) is 32.4 Å². The molecular weight excluding hydrogens is 352 g/mol. The Labute approximate surface area is 166 Å². The van der Waals surface area contributed by atoms with Crippen LogP contribution in [0, 0.1) is 6.92 Å². The first-order chi connectivity index (χ1) is 13.6. The summed E-state index contributed by atoms with van der Waals surface area (Å²) in [5, 5.41) is 9.44. The van der Waals surface area contributed by atoms with Crippen LogP contribution in [0.25, 0.3) is 0 Å². The summed E-state index contributed by atoms with van der Waals surface area (Å²) in [6, 6.07) is 12.0. The van der Waals surface area contributed by atoms with Gasteiger partial charge >= 0.3 is 0 Å². The van der Waals surface area contributed by atoms with E-state index in [1.165, 1.54) is 17.3 Å². The molecule has 0 saturated carbocycles. The van der Waals surface area contributed by atoms with Crippen LogP contribution in [-0.2, 0) is 11.3 Å². The van der Waals surface area contributed by atoms with Gasteiger partial charge in [-0.05, 0) is 37.5 Å². The van der Waals surface area contributed by atoms with Gasteiger partial charge in [-0.3, -0.25) is 9.69 Å². The Morgan fingerprint density at radius 3 is 2.61 bits per heavy atom. The largest absolute Gasteiger partial charge is 0.506 e. The second kappa shape index (κ2) is 8.19. The number of aromatic hydroxyl groups is 1. The summed E-state index contributed by atoms with van der Waals surface area (Å²) < 4.78 is 0. The van der Waals surface area contributed by atoms with Gasteiger partial charge in [0.05, 0.1) is 12.2 Å². The second-order valence-electron chi connectivity index (χ2n) is 7.80. The summed E-state index contributed by atoms with van der Waals surface area (Å²) in [6.45, 7) is 7.17. The highest BCUT2D eigenvalue weighted by molar-refractivity contribution is 5.84. The Morgan fingerprint density at radius 1 is 1.04 bits per heavy atom. The van der Waals surface area contributed by atoms with Crippen molar-refractivity contribution in [3.63, 3.8) is 0 Å². The van der Waals surface area contributed by atoms with Crippen molar-refractivity contribution in [1.29, 1.82) is 0 Å². The number of carbonyl (C=O) groups excluding carboxylic acids is 1. The predicted octanol–water partition coefficient (Wildman–Crippen LogP) is 2.41. The fourth-order valence-corrected chi connectivity index (χ4v) is 4.18. The van der Waals surface area contributed by atoms with Gasteiger partial charge in [0.2, 0.25) is 5.91 Å². The molecule has 1 aromatic carbocycles. The van der Waals surface area contributed by atoms with E-state index in [4.69, 9.17) is 0 Å². The normalized spacial score (nSPS) is 21.2. The van der Waals surface area contributed by atoms with Crippen LogP contribution in [0.2, 0.25) is 0 Å². The van der Waals surface area contributed by atoms with Gasteiger partial charge in [0.15, 0.2) is 0 Å². The van der Waals surface area contributed by atoms with Gasteiger partial charge in [0.25, 0.3) is 0 Å². The van der Waals surface area contributed by atoms with Gasteiger partial charge in [-0.15, -0.1) is 0 Å². The molecule has 2 fully saturated rings. The number of aryl methyl sites for hydroxylation is 1. The molecule has 4 rings (SSSR count). The molecule has 0 aliphatic carbocycles. The van der Waals surface area contributed by atoms with Crippen LogP contribution in [0.15, 0.2) is 42.6 Å². The van der Waals surface area contributed by atoms with Gasteiger partial charge in [0.1, 0.15) is 11.6 Å². The van der Waals surface area contributed by atoms with E-state index in [2.05, 4.69) is 46.0 Å². The standard InChI is InChI=1S/C22H28N4O2/c1-17-3-5-18(6-4-17)16-26-12-9-20(22(26)28)24-10-2-11-25(14-13-24)21-8-7-19(27)15-23-21/h3-8,15,20,27H,2,9-14,16H2,1H3.